The van der Waals surface area contributed by atoms with E-state index in [4.69, 9.17) is 21.6 Å². The molecule has 1 amide bonds. The van der Waals surface area contributed by atoms with Crippen LogP contribution in [0.1, 0.15) is 15.9 Å². The highest BCUT2D eigenvalue weighted by Gasteiger charge is 2.18. The third-order valence-electron chi connectivity index (χ3n) is 5.98. The van der Waals surface area contributed by atoms with Crippen LogP contribution >= 0.6 is 0 Å². The minimum absolute atomic E-state index is 0.155. The van der Waals surface area contributed by atoms with Crippen molar-refractivity contribution >= 4 is 23.1 Å². The summed E-state index contributed by atoms with van der Waals surface area (Å²) in [6.45, 7) is 0. The van der Waals surface area contributed by atoms with Crippen molar-refractivity contribution in [1.82, 2.24) is 4.98 Å². The molecule has 0 saturated carbocycles. The van der Waals surface area contributed by atoms with Gasteiger partial charge in [0.2, 0.25) is 0 Å². The Morgan fingerprint density at radius 2 is 1.34 bits per heavy atom. The van der Waals surface area contributed by atoms with Crippen molar-refractivity contribution in [3.8, 4) is 33.9 Å². The first kappa shape index (κ1) is 24.3. The topological polar surface area (TPSA) is 127 Å². The summed E-state index contributed by atoms with van der Waals surface area (Å²) in [5.41, 5.74) is 17.1. The van der Waals surface area contributed by atoms with Crippen LogP contribution in [0.2, 0.25) is 0 Å². The minimum atomic E-state index is -0.195. The number of nitrogens with two attached hydrogens (primary N) is 2. The Labute approximate surface area is 220 Å². The van der Waals surface area contributed by atoms with E-state index < -0.39 is 0 Å². The Morgan fingerprint density at radius 1 is 0.763 bits per heavy atom. The molecule has 0 unspecified atom stereocenters. The number of nitrogen functional groups attached to an aromatic ring is 2. The van der Waals surface area contributed by atoms with Crippen molar-refractivity contribution in [1.29, 1.82) is 5.41 Å². The van der Waals surface area contributed by atoms with Gasteiger partial charge in [0.1, 0.15) is 17.3 Å². The lowest BCUT2D eigenvalue weighted by Gasteiger charge is -2.15. The van der Waals surface area contributed by atoms with E-state index in [2.05, 4.69) is 10.3 Å². The Hall–Kier alpha value is -5.43. The zero-order valence-corrected chi connectivity index (χ0v) is 20.4. The second-order valence-electron chi connectivity index (χ2n) is 8.56. The lowest BCUT2D eigenvalue weighted by molar-refractivity contribution is 0.102. The highest BCUT2D eigenvalue weighted by molar-refractivity contribution is 6.08. The number of carbonyl (C=O) groups is 1. The third-order valence-corrected chi connectivity index (χ3v) is 5.98. The molecule has 0 aliphatic carbocycles. The minimum Gasteiger partial charge on any atom is -0.457 e. The van der Waals surface area contributed by atoms with Crippen LogP contribution in [-0.4, -0.2) is 16.7 Å². The van der Waals surface area contributed by atoms with Crippen LogP contribution in [0.4, 0.5) is 11.4 Å². The smallest absolute Gasteiger partial charge is 0.255 e. The predicted octanol–water partition coefficient (Wildman–Crippen LogP) is 6.33. The number of amidine groups is 1. The first-order valence-electron chi connectivity index (χ1n) is 11.9. The Morgan fingerprint density at radius 3 is 1.97 bits per heavy atom. The van der Waals surface area contributed by atoms with Gasteiger partial charge in [-0.1, -0.05) is 60.7 Å². The zero-order chi connectivity index (χ0) is 26.5. The van der Waals surface area contributed by atoms with E-state index in [1.54, 1.807) is 30.5 Å². The number of carbonyl (C=O) groups excluding carboxylic acids is 1. The molecule has 7 heteroatoms. The number of nitrogens with one attached hydrogen (secondary N) is 2. The molecule has 186 valence electrons. The van der Waals surface area contributed by atoms with Gasteiger partial charge in [-0.25, -0.2) is 0 Å². The van der Waals surface area contributed by atoms with E-state index >= 15 is 0 Å². The summed E-state index contributed by atoms with van der Waals surface area (Å²) in [5.74, 6) is 1.07. The van der Waals surface area contributed by atoms with Crippen molar-refractivity contribution in [2.75, 3.05) is 11.1 Å². The molecule has 0 aliphatic rings. The first-order chi connectivity index (χ1) is 18.5. The molecule has 38 heavy (non-hydrogen) atoms. The highest BCUT2D eigenvalue weighted by Crippen LogP contribution is 2.35. The molecule has 1 aromatic heterocycles. The lowest BCUT2D eigenvalue weighted by atomic mass is 9.96. The van der Waals surface area contributed by atoms with Crippen LogP contribution in [-0.2, 0) is 0 Å². The van der Waals surface area contributed by atoms with E-state index in [0.29, 0.717) is 39.5 Å². The summed E-state index contributed by atoms with van der Waals surface area (Å²) in [6, 6.07) is 33.2. The summed E-state index contributed by atoms with van der Waals surface area (Å²) in [5, 5.41) is 11.1. The number of amides is 1. The SMILES string of the molecule is N=C(N)c1c(-c2ccc(Oc3ccccc3)cc2)cnc(-c2ccc(NC(=O)c3ccccc3)cc2)c1N. The maximum atomic E-state index is 12.4. The summed E-state index contributed by atoms with van der Waals surface area (Å²) < 4.78 is 5.87. The molecule has 4 aromatic carbocycles. The van der Waals surface area contributed by atoms with E-state index in [9.17, 15) is 4.79 Å². The van der Waals surface area contributed by atoms with Crippen molar-refractivity contribution in [3.63, 3.8) is 0 Å². The van der Waals surface area contributed by atoms with Gasteiger partial charge in [-0.15, -0.1) is 0 Å². The number of para-hydroxylation sites is 1. The summed E-state index contributed by atoms with van der Waals surface area (Å²) >= 11 is 0. The highest BCUT2D eigenvalue weighted by atomic mass is 16.5. The zero-order valence-electron chi connectivity index (χ0n) is 20.4. The fraction of sp³-hybridized carbons (Fsp3) is 0. The number of nitrogens with zero attached hydrogens (tertiary/aromatic N) is 1. The molecule has 0 fully saturated rings. The first-order valence-corrected chi connectivity index (χ1v) is 11.9. The van der Waals surface area contributed by atoms with Gasteiger partial charge in [-0.05, 0) is 54.1 Å². The van der Waals surface area contributed by atoms with Gasteiger partial charge in [0.15, 0.2) is 0 Å². The number of anilines is 2. The molecule has 0 saturated heterocycles. The molecule has 5 rings (SSSR count). The predicted molar refractivity (Wildman–Crippen MR) is 151 cm³/mol. The van der Waals surface area contributed by atoms with Crippen LogP contribution < -0.4 is 21.5 Å². The van der Waals surface area contributed by atoms with Crippen LogP contribution in [0.3, 0.4) is 0 Å². The van der Waals surface area contributed by atoms with Gasteiger partial charge in [0.05, 0.1) is 16.9 Å². The van der Waals surface area contributed by atoms with Crippen LogP contribution in [0, 0.1) is 5.41 Å². The van der Waals surface area contributed by atoms with Crippen LogP contribution in [0.25, 0.3) is 22.4 Å². The number of aromatic nitrogens is 1. The fourth-order valence-electron chi connectivity index (χ4n) is 4.10. The molecule has 6 N–H and O–H groups in total. The molecular weight excluding hydrogens is 474 g/mol. The summed E-state index contributed by atoms with van der Waals surface area (Å²) in [4.78, 5) is 17.0. The van der Waals surface area contributed by atoms with E-state index in [1.807, 2.05) is 84.9 Å². The quantitative estimate of drug-likeness (QED) is 0.154. The molecule has 0 spiro atoms. The maximum absolute atomic E-state index is 12.4. The van der Waals surface area contributed by atoms with Crippen molar-refractivity contribution in [2.24, 2.45) is 5.73 Å². The van der Waals surface area contributed by atoms with Crippen molar-refractivity contribution < 1.29 is 9.53 Å². The largest absolute Gasteiger partial charge is 0.457 e. The monoisotopic (exact) mass is 499 g/mol. The third kappa shape index (κ3) is 5.22. The van der Waals surface area contributed by atoms with Gasteiger partial charge in [0.25, 0.3) is 5.91 Å². The molecule has 0 bridgehead atoms. The Bertz CT molecular complexity index is 1580. The van der Waals surface area contributed by atoms with Gasteiger partial charge in [-0.2, -0.15) is 0 Å². The summed E-state index contributed by atoms with van der Waals surface area (Å²) in [7, 11) is 0. The maximum Gasteiger partial charge on any atom is 0.255 e. The molecule has 7 nitrogen and oxygen atoms in total. The molecule has 5 aromatic rings. The fourth-order valence-corrected chi connectivity index (χ4v) is 4.10. The number of benzene rings is 4. The Balaban J connectivity index is 1.39. The summed E-state index contributed by atoms with van der Waals surface area (Å²) in [6.07, 6.45) is 1.67. The number of hydrogen-bond acceptors (Lipinski definition) is 5. The molecule has 1 heterocycles. The number of rotatable bonds is 7. The molecule has 0 aliphatic heterocycles. The average Bonchev–Trinajstić information content (AvgIpc) is 2.95. The van der Waals surface area contributed by atoms with Gasteiger partial charge in [-0.3, -0.25) is 15.2 Å². The molecule has 0 atom stereocenters. The average molecular weight is 500 g/mol. The van der Waals surface area contributed by atoms with Crippen LogP contribution in [0.5, 0.6) is 11.5 Å². The van der Waals surface area contributed by atoms with Crippen molar-refractivity contribution in [3.05, 3.63) is 127 Å². The van der Waals surface area contributed by atoms with E-state index in [1.165, 1.54) is 0 Å². The molecular formula is C31H25N5O2. The number of ether oxygens (including phenoxy) is 1. The normalized spacial score (nSPS) is 10.5. The van der Waals surface area contributed by atoms with Gasteiger partial charge in [0, 0.05) is 28.6 Å². The van der Waals surface area contributed by atoms with E-state index in [-0.39, 0.29) is 11.7 Å². The molecule has 0 radical (unpaired) electrons. The van der Waals surface area contributed by atoms with E-state index in [0.717, 1.165) is 16.9 Å². The lowest BCUT2D eigenvalue weighted by Crippen LogP contribution is -2.16. The van der Waals surface area contributed by atoms with Crippen molar-refractivity contribution in [2.45, 2.75) is 0 Å². The second-order valence-corrected chi connectivity index (χ2v) is 8.56. The van der Waals surface area contributed by atoms with Gasteiger partial charge >= 0.3 is 0 Å². The van der Waals surface area contributed by atoms with Gasteiger partial charge < -0.3 is 21.5 Å². The second kappa shape index (κ2) is 10.7. The number of pyridine rings is 1. The van der Waals surface area contributed by atoms with Crippen LogP contribution in [0.15, 0.2) is 115 Å². The number of hydrogen-bond donors (Lipinski definition) is 4. The Kier molecular flexibility index (Phi) is 6.82. The standard InChI is InChI=1S/C31H25N5O2/c32-28-27(30(33)34)26(20-13-17-25(18-14-20)38-24-9-5-2-6-10-24)19-35-29(28)21-11-15-23(16-12-21)36-31(37)22-7-3-1-4-8-22/h1-19H,32H2,(H3,33,34)(H,36,37).